The van der Waals surface area contributed by atoms with Crippen LogP contribution in [0.2, 0.25) is 0 Å². The van der Waals surface area contributed by atoms with Crippen LogP contribution in [0, 0.1) is 5.92 Å². The summed E-state index contributed by atoms with van der Waals surface area (Å²) < 4.78 is 0. The molecule has 0 spiro atoms. The standard InChI is InChI=1S/C22H23N7O2/c30-13-14-7-9-29(10-8-14)20-6-5-15(12-23-20)22(31)26-19-11-18(27-28-19)21-24-16-3-1-2-4-17(16)25-21/h1-6,11-12,14,30H,7-10,13H2,(H,24,25)(H2,26,27,28,31). The SMILES string of the molecule is O=C(Nc1cc(-c2nc3ccccc3[nH]2)[nH]n1)c1ccc(N2CCC(CO)CC2)nc1. The average molecular weight is 417 g/mol. The Morgan fingerprint density at radius 2 is 2.03 bits per heavy atom. The van der Waals surface area contributed by atoms with Crippen LogP contribution in [0.4, 0.5) is 11.6 Å². The number of carbonyl (C=O) groups is 1. The number of anilines is 2. The van der Waals surface area contributed by atoms with Crippen molar-refractivity contribution in [1.29, 1.82) is 0 Å². The van der Waals surface area contributed by atoms with E-state index >= 15 is 0 Å². The van der Waals surface area contributed by atoms with Crippen LogP contribution in [0.3, 0.4) is 0 Å². The molecule has 4 N–H and O–H groups in total. The lowest BCUT2D eigenvalue weighted by Crippen LogP contribution is -2.35. The second kappa shape index (κ2) is 8.19. The molecule has 1 saturated heterocycles. The highest BCUT2D eigenvalue weighted by atomic mass is 16.3. The second-order valence-electron chi connectivity index (χ2n) is 7.74. The Kier molecular flexibility index (Phi) is 5.09. The van der Waals surface area contributed by atoms with E-state index < -0.39 is 0 Å². The third kappa shape index (κ3) is 3.99. The van der Waals surface area contributed by atoms with Crippen LogP contribution in [-0.4, -0.2) is 55.9 Å². The molecule has 1 aliphatic heterocycles. The van der Waals surface area contributed by atoms with E-state index in [9.17, 15) is 9.90 Å². The van der Waals surface area contributed by atoms with Gasteiger partial charge >= 0.3 is 0 Å². The summed E-state index contributed by atoms with van der Waals surface area (Å²) in [5, 5.41) is 19.1. The quantitative estimate of drug-likeness (QED) is 0.396. The minimum atomic E-state index is -0.277. The molecule has 31 heavy (non-hydrogen) atoms. The predicted molar refractivity (Wildman–Crippen MR) is 118 cm³/mol. The maximum absolute atomic E-state index is 12.6. The number of carbonyl (C=O) groups excluding carboxylic acids is 1. The second-order valence-corrected chi connectivity index (χ2v) is 7.74. The first kappa shape index (κ1) is 19.3. The molecule has 0 unspecified atom stereocenters. The lowest BCUT2D eigenvalue weighted by molar-refractivity contribution is 0.102. The maximum atomic E-state index is 12.6. The molecule has 0 radical (unpaired) electrons. The predicted octanol–water partition coefficient (Wildman–Crippen LogP) is 2.81. The highest BCUT2D eigenvalue weighted by molar-refractivity contribution is 6.03. The molecule has 4 aromatic rings. The Bertz CT molecular complexity index is 1160. The molecular formula is C22H23N7O2. The zero-order valence-corrected chi connectivity index (χ0v) is 16.9. The minimum absolute atomic E-state index is 0.242. The number of aromatic nitrogens is 5. The van der Waals surface area contributed by atoms with E-state index in [1.165, 1.54) is 0 Å². The van der Waals surface area contributed by atoms with Gasteiger partial charge in [0.2, 0.25) is 0 Å². The summed E-state index contributed by atoms with van der Waals surface area (Å²) in [6.07, 6.45) is 3.48. The van der Waals surface area contributed by atoms with Gasteiger partial charge in [0.1, 0.15) is 11.5 Å². The summed E-state index contributed by atoms with van der Waals surface area (Å²) in [6.45, 7) is 1.97. The number of fused-ring (bicyclic) bond motifs is 1. The number of para-hydroxylation sites is 2. The fraction of sp³-hybridized carbons (Fsp3) is 0.273. The van der Waals surface area contributed by atoms with Gasteiger partial charge in [-0.3, -0.25) is 9.89 Å². The fourth-order valence-corrected chi connectivity index (χ4v) is 3.83. The summed E-state index contributed by atoms with van der Waals surface area (Å²) in [5.41, 5.74) is 2.95. The van der Waals surface area contributed by atoms with Crippen LogP contribution in [0.15, 0.2) is 48.7 Å². The Labute approximate surface area is 178 Å². The number of aliphatic hydroxyl groups is 1. The molecule has 3 aromatic heterocycles. The van der Waals surface area contributed by atoms with Crippen molar-refractivity contribution >= 4 is 28.6 Å². The van der Waals surface area contributed by atoms with Gasteiger partial charge in [-0.25, -0.2) is 9.97 Å². The van der Waals surface area contributed by atoms with Gasteiger partial charge in [0.25, 0.3) is 5.91 Å². The summed E-state index contributed by atoms with van der Waals surface area (Å²) in [7, 11) is 0. The molecule has 5 rings (SSSR count). The highest BCUT2D eigenvalue weighted by Crippen LogP contribution is 2.23. The van der Waals surface area contributed by atoms with Crippen LogP contribution in [-0.2, 0) is 0 Å². The number of nitrogens with zero attached hydrogens (tertiary/aromatic N) is 4. The minimum Gasteiger partial charge on any atom is -0.396 e. The average Bonchev–Trinajstić information content (AvgIpc) is 3.46. The van der Waals surface area contributed by atoms with Gasteiger partial charge in [0.05, 0.1) is 16.6 Å². The zero-order valence-electron chi connectivity index (χ0n) is 16.9. The molecule has 4 heterocycles. The number of hydrogen-bond acceptors (Lipinski definition) is 6. The van der Waals surface area contributed by atoms with Gasteiger partial charge in [0, 0.05) is 32.0 Å². The molecule has 9 nitrogen and oxygen atoms in total. The highest BCUT2D eigenvalue weighted by Gasteiger charge is 2.20. The summed E-state index contributed by atoms with van der Waals surface area (Å²) in [6, 6.07) is 13.1. The molecule has 0 atom stereocenters. The molecule has 9 heteroatoms. The number of piperidine rings is 1. The first-order valence-corrected chi connectivity index (χ1v) is 10.3. The van der Waals surface area contributed by atoms with Crippen LogP contribution in [0.25, 0.3) is 22.6 Å². The molecule has 158 valence electrons. The molecule has 0 bridgehead atoms. The topological polar surface area (TPSA) is 123 Å². The Morgan fingerprint density at radius 3 is 2.77 bits per heavy atom. The smallest absolute Gasteiger partial charge is 0.258 e. The Morgan fingerprint density at radius 1 is 1.19 bits per heavy atom. The van der Waals surface area contributed by atoms with Gasteiger partial charge < -0.3 is 20.3 Å². The van der Waals surface area contributed by atoms with Crippen LogP contribution < -0.4 is 10.2 Å². The van der Waals surface area contributed by atoms with E-state index in [1.54, 1.807) is 18.3 Å². The molecule has 1 amide bonds. The summed E-state index contributed by atoms with van der Waals surface area (Å²) in [4.78, 5) is 27.0. The van der Waals surface area contributed by atoms with Crippen molar-refractivity contribution in [3.05, 3.63) is 54.2 Å². The number of H-pyrrole nitrogens is 2. The van der Waals surface area contributed by atoms with Crippen LogP contribution in [0.5, 0.6) is 0 Å². The van der Waals surface area contributed by atoms with Crippen molar-refractivity contribution in [3.63, 3.8) is 0 Å². The number of benzene rings is 1. The largest absolute Gasteiger partial charge is 0.396 e. The van der Waals surface area contributed by atoms with E-state index in [0.717, 1.165) is 42.8 Å². The number of imidazole rings is 1. The monoisotopic (exact) mass is 417 g/mol. The number of amides is 1. The first-order valence-electron chi connectivity index (χ1n) is 10.3. The first-order chi connectivity index (χ1) is 15.2. The molecule has 0 saturated carbocycles. The molecular weight excluding hydrogens is 394 g/mol. The third-order valence-corrected chi connectivity index (χ3v) is 5.67. The molecule has 1 fully saturated rings. The van der Waals surface area contributed by atoms with Gasteiger partial charge in [-0.2, -0.15) is 5.10 Å². The number of aromatic amines is 2. The van der Waals surface area contributed by atoms with Crippen molar-refractivity contribution < 1.29 is 9.90 Å². The fourth-order valence-electron chi connectivity index (χ4n) is 3.83. The molecule has 1 aromatic carbocycles. The van der Waals surface area contributed by atoms with Crippen molar-refractivity contribution in [2.75, 3.05) is 29.9 Å². The number of nitrogens with one attached hydrogen (secondary N) is 3. The van der Waals surface area contributed by atoms with Crippen LogP contribution >= 0.6 is 0 Å². The number of pyridine rings is 1. The van der Waals surface area contributed by atoms with Gasteiger partial charge in [0.15, 0.2) is 11.6 Å². The lowest BCUT2D eigenvalue weighted by atomic mass is 9.98. The molecule has 1 aliphatic rings. The van der Waals surface area contributed by atoms with E-state index in [-0.39, 0.29) is 12.5 Å². The van der Waals surface area contributed by atoms with Gasteiger partial charge in [-0.1, -0.05) is 12.1 Å². The molecule has 0 aliphatic carbocycles. The third-order valence-electron chi connectivity index (χ3n) is 5.67. The van der Waals surface area contributed by atoms with E-state index in [0.29, 0.717) is 28.8 Å². The van der Waals surface area contributed by atoms with Crippen molar-refractivity contribution in [1.82, 2.24) is 25.1 Å². The Hall–Kier alpha value is -3.72. The number of aliphatic hydroxyl groups excluding tert-OH is 1. The summed E-state index contributed by atoms with van der Waals surface area (Å²) >= 11 is 0. The van der Waals surface area contributed by atoms with Crippen molar-refractivity contribution in [2.24, 2.45) is 5.92 Å². The zero-order chi connectivity index (χ0) is 21.2. The maximum Gasteiger partial charge on any atom is 0.258 e. The summed E-state index contributed by atoms with van der Waals surface area (Å²) in [5.74, 6) is 2.01. The lowest BCUT2D eigenvalue weighted by Gasteiger charge is -2.31. The normalized spacial score (nSPS) is 14.8. The van der Waals surface area contributed by atoms with Gasteiger partial charge in [-0.05, 0) is 43.0 Å². The van der Waals surface area contributed by atoms with Crippen molar-refractivity contribution in [2.45, 2.75) is 12.8 Å². The van der Waals surface area contributed by atoms with Crippen LogP contribution in [0.1, 0.15) is 23.2 Å². The van der Waals surface area contributed by atoms with Crippen molar-refractivity contribution in [3.8, 4) is 11.5 Å². The van der Waals surface area contributed by atoms with E-state index in [2.05, 4.69) is 35.4 Å². The van der Waals surface area contributed by atoms with Gasteiger partial charge in [-0.15, -0.1) is 0 Å². The number of hydrogen-bond donors (Lipinski definition) is 4. The van der Waals surface area contributed by atoms with E-state index in [1.807, 2.05) is 30.3 Å². The Balaban J connectivity index is 1.24. The number of rotatable bonds is 5. The van der Waals surface area contributed by atoms with E-state index in [4.69, 9.17) is 0 Å².